The molecule has 1 saturated heterocycles. The van der Waals surface area contributed by atoms with Gasteiger partial charge in [0.15, 0.2) is 5.76 Å². The van der Waals surface area contributed by atoms with Gasteiger partial charge in [0.2, 0.25) is 10.0 Å². The maximum absolute atomic E-state index is 12.6. The molecule has 0 atom stereocenters. The van der Waals surface area contributed by atoms with Crippen LogP contribution in [0.5, 0.6) is 0 Å². The van der Waals surface area contributed by atoms with Gasteiger partial charge in [-0.1, -0.05) is 41.6 Å². The molecule has 8 heteroatoms. The van der Waals surface area contributed by atoms with Crippen LogP contribution >= 0.6 is 0 Å². The van der Waals surface area contributed by atoms with Gasteiger partial charge in [-0.25, -0.2) is 8.42 Å². The molecule has 5 rings (SSSR count). The summed E-state index contributed by atoms with van der Waals surface area (Å²) in [6.07, 6.45) is 1.76. The summed E-state index contributed by atoms with van der Waals surface area (Å²) in [5, 5.41) is 9.11. The second kappa shape index (κ2) is 8.80. The standard InChI is InChI=1S/C25H23N3O4S/c29-25(19-9-11-23(12-10-19)33(30,31)28-13-3-4-14-28)26-17-22-16-24(32-27-22)21-8-7-18-5-1-2-6-20(18)15-21/h1-2,5-12,15-16H,3-4,13-14,17H2,(H,26,29). The number of amides is 1. The lowest BCUT2D eigenvalue weighted by atomic mass is 10.1. The number of hydrogen-bond acceptors (Lipinski definition) is 5. The summed E-state index contributed by atoms with van der Waals surface area (Å²) < 4.78 is 32.2. The Bertz CT molecular complexity index is 1410. The number of carbonyl (C=O) groups excluding carboxylic acids is 1. The zero-order chi connectivity index (χ0) is 22.8. The molecule has 3 aromatic carbocycles. The van der Waals surface area contributed by atoms with Gasteiger partial charge >= 0.3 is 0 Å². The monoisotopic (exact) mass is 461 g/mol. The second-order valence-corrected chi connectivity index (χ2v) is 10.0. The minimum atomic E-state index is -3.49. The van der Waals surface area contributed by atoms with E-state index < -0.39 is 10.0 Å². The van der Waals surface area contributed by atoms with Crippen LogP contribution in [0.2, 0.25) is 0 Å². The lowest BCUT2D eigenvalue weighted by Gasteiger charge is -2.15. The Balaban J connectivity index is 1.23. The Kier molecular flexibility index (Phi) is 5.70. The number of nitrogens with zero attached hydrogens (tertiary/aromatic N) is 2. The molecule has 1 aliphatic rings. The number of aromatic nitrogens is 1. The van der Waals surface area contributed by atoms with Crippen LogP contribution in [0.25, 0.3) is 22.1 Å². The first-order chi connectivity index (χ1) is 16.0. The molecule has 1 amide bonds. The van der Waals surface area contributed by atoms with Crippen molar-refractivity contribution in [2.45, 2.75) is 24.3 Å². The van der Waals surface area contributed by atoms with E-state index in [1.165, 1.54) is 28.6 Å². The van der Waals surface area contributed by atoms with Gasteiger partial charge in [0, 0.05) is 30.3 Å². The summed E-state index contributed by atoms with van der Waals surface area (Å²) >= 11 is 0. The molecule has 33 heavy (non-hydrogen) atoms. The summed E-state index contributed by atoms with van der Waals surface area (Å²) in [7, 11) is -3.49. The topological polar surface area (TPSA) is 92.5 Å². The van der Waals surface area contributed by atoms with Crippen LogP contribution in [-0.4, -0.2) is 36.9 Å². The summed E-state index contributed by atoms with van der Waals surface area (Å²) in [4.78, 5) is 12.7. The van der Waals surface area contributed by atoms with Gasteiger partial charge in [0.25, 0.3) is 5.91 Å². The van der Waals surface area contributed by atoms with Crippen LogP contribution in [0, 0.1) is 0 Å². The highest BCUT2D eigenvalue weighted by Crippen LogP contribution is 2.25. The van der Waals surface area contributed by atoms with Crippen LogP contribution in [0.4, 0.5) is 0 Å². The molecule has 0 spiro atoms. The smallest absolute Gasteiger partial charge is 0.251 e. The van der Waals surface area contributed by atoms with Gasteiger partial charge in [-0.05, 0) is 53.9 Å². The van der Waals surface area contributed by atoms with E-state index >= 15 is 0 Å². The van der Waals surface area contributed by atoms with Gasteiger partial charge in [-0.3, -0.25) is 4.79 Å². The van der Waals surface area contributed by atoms with E-state index in [4.69, 9.17) is 4.52 Å². The van der Waals surface area contributed by atoms with Crippen molar-refractivity contribution in [1.82, 2.24) is 14.8 Å². The quantitative estimate of drug-likeness (QED) is 0.464. The van der Waals surface area contributed by atoms with Crippen LogP contribution in [-0.2, 0) is 16.6 Å². The fourth-order valence-corrected chi connectivity index (χ4v) is 5.52. The molecular formula is C25H23N3O4S. The first-order valence-electron chi connectivity index (χ1n) is 10.8. The summed E-state index contributed by atoms with van der Waals surface area (Å²) in [5.41, 5.74) is 1.89. The average Bonchev–Trinajstić information content (AvgIpc) is 3.55. The molecule has 0 aliphatic carbocycles. The molecular weight excluding hydrogens is 438 g/mol. The third-order valence-corrected chi connectivity index (χ3v) is 7.76. The minimum absolute atomic E-state index is 0.198. The Morgan fingerprint density at radius 3 is 2.42 bits per heavy atom. The Hall–Kier alpha value is -3.49. The van der Waals surface area contributed by atoms with Gasteiger partial charge in [0.05, 0.1) is 11.4 Å². The highest BCUT2D eigenvalue weighted by Gasteiger charge is 2.27. The van der Waals surface area contributed by atoms with Crippen molar-refractivity contribution >= 4 is 26.7 Å². The predicted octanol–water partition coefficient (Wildman–Crippen LogP) is 4.21. The number of rotatable bonds is 6. The molecule has 1 aliphatic heterocycles. The van der Waals surface area contributed by atoms with E-state index in [-0.39, 0.29) is 17.3 Å². The Morgan fingerprint density at radius 1 is 0.939 bits per heavy atom. The maximum Gasteiger partial charge on any atom is 0.251 e. The lowest BCUT2D eigenvalue weighted by molar-refractivity contribution is 0.0950. The first kappa shape index (κ1) is 21.4. The molecule has 0 saturated carbocycles. The SMILES string of the molecule is O=C(NCc1cc(-c2ccc3ccccc3c2)on1)c1ccc(S(=O)(=O)N2CCCC2)cc1. The zero-order valence-corrected chi connectivity index (χ0v) is 18.7. The Labute approximate surface area is 192 Å². The number of benzene rings is 3. The van der Waals surface area contributed by atoms with Crippen molar-refractivity contribution in [3.8, 4) is 11.3 Å². The minimum Gasteiger partial charge on any atom is -0.356 e. The molecule has 1 N–H and O–H groups in total. The van der Waals surface area contributed by atoms with Crippen molar-refractivity contribution in [2.24, 2.45) is 0 Å². The largest absolute Gasteiger partial charge is 0.356 e. The fourth-order valence-electron chi connectivity index (χ4n) is 4.00. The number of fused-ring (bicyclic) bond motifs is 1. The number of hydrogen-bond donors (Lipinski definition) is 1. The molecule has 168 valence electrons. The van der Waals surface area contributed by atoms with Crippen molar-refractivity contribution in [1.29, 1.82) is 0 Å². The number of carbonyl (C=O) groups is 1. The van der Waals surface area contributed by atoms with Crippen LogP contribution < -0.4 is 5.32 Å². The molecule has 1 fully saturated rings. The van der Waals surface area contributed by atoms with E-state index in [2.05, 4.69) is 16.5 Å². The molecule has 0 bridgehead atoms. The number of nitrogens with one attached hydrogen (secondary N) is 1. The van der Waals surface area contributed by atoms with Crippen molar-refractivity contribution < 1.29 is 17.7 Å². The second-order valence-electron chi connectivity index (χ2n) is 8.06. The first-order valence-corrected chi connectivity index (χ1v) is 12.3. The van der Waals surface area contributed by atoms with Gasteiger partial charge < -0.3 is 9.84 Å². The van der Waals surface area contributed by atoms with E-state index in [1.807, 2.05) is 36.4 Å². The van der Waals surface area contributed by atoms with Crippen molar-refractivity contribution in [3.63, 3.8) is 0 Å². The molecule has 0 radical (unpaired) electrons. The molecule has 2 heterocycles. The number of sulfonamides is 1. The third-order valence-electron chi connectivity index (χ3n) is 5.84. The lowest BCUT2D eigenvalue weighted by Crippen LogP contribution is -2.28. The van der Waals surface area contributed by atoms with E-state index in [0.29, 0.717) is 30.1 Å². The molecule has 1 aromatic heterocycles. The average molecular weight is 462 g/mol. The third kappa shape index (κ3) is 4.40. The molecule has 4 aromatic rings. The van der Waals surface area contributed by atoms with Crippen LogP contribution in [0.1, 0.15) is 28.9 Å². The zero-order valence-electron chi connectivity index (χ0n) is 17.9. The van der Waals surface area contributed by atoms with Gasteiger partial charge in [0.1, 0.15) is 5.69 Å². The van der Waals surface area contributed by atoms with E-state index in [0.717, 1.165) is 29.2 Å². The summed E-state index contributed by atoms with van der Waals surface area (Å²) in [6, 6.07) is 21.9. The highest BCUT2D eigenvalue weighted by atomic mass is 32.2. The van der Waals surface area contributed by atoms with Crippen molar-refractivity contribution in [2.75, 3.05) is 13.1 Å². The van der Waals surface area contributed by atoms with Gasteiger partial charge in [-0.2, -0.15) is 4.31 Å². The molecule has 7 nitrogen and oxygen atoms in total. The maximum atomic E-state index is 12.6. The normalized spacial score (nSPS) is 14.5. The Morgan fingerprint density at radius 2 is 1.67 bits per heavy atom. The van der Waals surface area contributed by atoms with Crippen LogP contribution in [0.3, 0.4) is 0 Å². The summed E-state index contributed by atoms with van der Waals surface area (Å²) in [6.45, 7) is 1.29. The van der Waals surface area contributed by atoms with Crippen molar-refractivity contribution in [3.05, 3.63) is 84.1 Å². The van der Waals surface area contributed by atoms with E-state index in [1.54, 1.807) is 6.07 Å². The summed E-state index contributed by atoms with van der Waals surface area (Å²) in [5.74, 6) is 0.317. The highest BCUT2D eigenvalue weighted by molar-refractivity contribution is 7.89. The predicted molar refractivity (Wildman–Crippen MR) is 125 cm³/mol. The fraction of sp³-hybridized carbons (Fsp3) is 0.200. The molecule has 0 unspecified atom stereocenters. The van der Waals surface area contributed by atoms with E-state index in [9.17, 15) is 13.2 Å². The van der Waals surface area contributed by atoms with Gasteiger partial charge in [-0.15, -0.1) is 0 Å². The van der Waals surface area contributed by atoms with Crippen LogP contribution in [0.15, 0.2) is 82.2 Å².